The zero-order valence-electron chi connectivity index (χ0n) is 9.12. The summed E-state index contributed by atoms with van der Waals surface area (Å²) in [4.78, 5) is 15.7. The summed E-state index contributed by atoms with van der Waals surface area (Å²) >= 11 is 0. The van der Waals surface area contributed by atoms with Crippen LogP contribution < -0.4 is 5.32 Å². The van der Waals surface area contributed by atoms with Crippen LogP contribution in [-0.4, -0.2) is 31.2 Å². The van der Waals surface area contributed by atoms with E-state index in [2.05, 4.69) is 10.3 Å². The van der Waals surface area contributed by atoms with Crippen LogP contribution in [0.15, 0.2) is 18.2 Å². The highest BCUT2D eigenvalue weighted by Gasteiger charge is 2.05. The third-order valence-electron chi connectivity index (χ3n) is 1.93. The summed E-state index contributed by atoms with van der Waals surface area (Å²) < 4.78 is 4.88. The summed E-state index contributed by atoms with van der Waals surface area (Å²) in [6, 6.07) is 5.40. The average molecular weight is 208 g/mol. The molecule has 0 bridgehead atoms. The Morgan fingerprint density at radius 3 is 3.00 bits per heavy atom. The van der Waals surface area contributed by atoms with Crippen molar-refractivity contribution in [1.29, 1.82) is 0 Å². The van der Waals surface area contributed by atoms with Crippen molar-refractivity contribution in [2.24, 2.45) is 0 Å². The number of hydrogen-bond acceptors (Lipinski definition) is 3. The Kier molecular flexibility index (Phi) is 4.77. The van der Waals surface area contributed by atoms with Crippen LogP contribution in [0.25, 0.3) is 0 Å². The van der Waals surface area contributed by atoms with Gasteiger partial charge in [-0.1, -0.05) is 6.07 Å². The highest BCUT2D eigenvalue weighted by Crippen LogP contribution is 1.97. The largest absolute Gasteiger partial charge is 0.385 e. The van der Waals surface area contributed by atoms with Crippen LogP contribution in [0.2, 0.25) is 0 Å². The quantitative estimate of drug-likeness (QED) is 0.739. The molecule has 1 N–H and O–H groups in total. The Labute approximate surface area is 89.7 Å². The molecule has 15 heavy (non-hydrogen) atoms. The van der Waals surface area contributed by atoms with Gasteiger partial charge in [-0.05, 0) is 25.5 Å². The van der Waals surface area contributed by atoms with Crippen LogP contribution in [0.3, 0.4) is 0 Å². The smallest absolute Gasteiger partial charge is 0.269 e. The number of rotatable bonds is 5. The first kappa shape index (κ1) is 11.7. The number of aryl methyl sites for hydroxylation is 1. The van der Waals surface area contributed by atoms with Crippen LogP contribution in [-0.2, 0) is 4.74 Å². The molecular formula is C11H16N2O2. The predicted molar refractivity (Wildman–Crippen MR) is 57.8 cm³/mol. The van der Waals surface area contributed by atoms with Gasteiger partial charge in [0.05, 0.1) is 0 Å². The fraction of sp³-hybridized carbons (Fsp3) is 0.455. The molecule has 4 nitrogen and oxygen atoms in total. The molecule has 0 aromatic carbocycles. The van der Waals surface area contributed by atoms with E-state index in [0.717, 1.165) is 12.1 Å². The van der Waals surface area contributed by atoms with Gasteiger partial charge in [0.2, 0.25) is 0 Å². The third kappa shape index (κ3) is 4.08. The number of amides is 1. The van der Waals surface area contributed by atoms with Crippen LogP contribution in [0.5, 0.6) is 0 Å². The van der Waals surface area contributed by atoms with Gasteiger partial charge < -0.3 is 10.1 Å². The Bertz CT molecular complexity index is 326. The maximum Gasteiger partial charge on any atom is 0.269 e. The molecule has 1 heterocycles. The van der Waals surface area contributed by atoms with E-state index in [-0.39, 0.29) is 5.91 Å². The molecule has 0 spiro atoms. The van der Waals surface area contributed by atoms with Crippen molar-refractivity contribution < 1.29 is 9.53 Å². The van der Waals surface area contributed by atoms with Crippen LogP contribution in [0.1, 0.15) is 22.6 Å². The lowest BCUT2D eigenvalue weighted by molar-refractivity contribution is 0.0943. The van der Waals surface area contributed by atoms with Gasteiger partial charge in [-0.3, -0.25) is 4.79 Å². The Morgan fingerprint density at radius 2 is 2.33 bits per heavy atom. The molecule has 0 radical (unpaired) electrons. The van der Waals surface area contributed by atoms with Crippen molar-refractivity contribution in [2.75, 3.05) is 20.3 Å². The molecule has 1 aromatic heterocycles. The monoisotopic (exact) mass is 208 g/mol. The van der Waals surface area contributed by atoms with Gasteiger partial charge in [0.25, 0.3) is 5.91 Å². The van der Waals surface area contributed by atoms with E-state index >= 15 is 0 Å². The first-order chi connectivity index (χ1) is 7.24. The first-order valence-electron chi connectivity index (χ1n) is 4.95. The van der Waals surface area contributed by atoms with Gasteiger partial charge in [0, 0.05) is 26.0 Å². The lowest BCUT2D eigenvalue weighted by Gasteiger charge is -2.04. The fourth-order valence-electron chi connectivity index (χ4n) is 1.18. The Morgan fingerprint density at radius 1 is 1.53 bits per heavy atom. The predicted octanol–water partition coefficient (Wildman–Crippen LogP) is 1.16. The molecule has 0 atom stereocenters. The van der Waals surface area contributed by atoms with Crippen LogP contribution >= 0.6 is 0 Å². The molecule has 1 rings (SSSR count). The highest BCUT2D eigenvalue weighted by molar-refractivity contribution is 5.92. The maximum atomic E-state index is 11.5. The number of hydrogen-bond donors (Lipinski definition) is 1. The topological polar surface area (TPSA) is 51.2 Å². The second kappa shape index (κ2) is 6.14. The zero-order valence-corrected chi connectivity index (χ0v) is 9.12. The molecule has 0 aliphatic heterocycles. The molecule has 0 saturated heterocycles. The van der Waals surface area contributed by atoms with Crippen molar-refractivity contribution in [1.82, 2.24) is 10.3 Å². The Balaban J connectivity index is 2.40. The van der Waals surface area contributed by atoms with E-state index in [1.165, 1.54) is 0 Å². The van der Waals surface area contributed by atoms with E-state index in [4.69, 9.17) is 4.74 Å². The van der Waals surface area contributed by atoms with Gasteiger partial charge in [0.15, 0.2) is 0 Å². The maximum absolute atomic E-state index is 11.5. The van der Waals surface area contributed by atoms with E-state index in [1.807, 2.05) is 19.1 Å². The minimum absolute atomic E-state index is 0.130. The number of methoxy groups -OCH3 is 1. The second-order valence-electron chi connectivity index (χ2n) is 3.27. The molecule has 0 fully saturated rings. The molecule has 1 aromatic rings. The zero-order chi connectivity index (χ0) is 11.1. The number of ether oxygens (including phenoxy) is 1. The number of aromatic nitrogens is 1. The standard InChI is InChI=1S/C11H16N2O2/c1-9-5-3-6-10(13-9)11(14)12-7-4-8-15-2/h3,5-6H,4,7-8H2,1-2H3,(H,12,14). The summed E-state index contributed by atoms with van der Waals surface area (Å²) in [5.74, 6) is -0.130. The Hall–Kier alpha value is -1.42. The molecular weight excluding hydrogens is 192 g/mol. The van der Waals surface area contributed by atoms with E-state index in [0.29, 0.717) is 18.8 Å². The minimum atomic E-state index is -0.130. The first-order valence-corrected chi connectivity index (χ1v) is 4.95. The number of carbonyl (C=O) groups is 1. The van der Waals surface area contributed by atoms with Gasteiger partial charge in [-0.2, -0.15) is 0 Å². The van der Waals surface area contributed by atoms with E-state index in [9.17, 15) is 4.79 Å². The van der Waals surface area contributed by atoms with Crippen molar-refractivity contribution in [2.45, 2.75) is 13.3 Å². The minimum Gasteiger partial charge on any atom is -0.385 e. The molecule has 4 heteroatoms. The fourth-order valence-corrected chi connectivity index (χ4v) is 1.18. The third-order valence-corrected chi connectivity index (χ3v) is 1.93. The van der Waals surface area contributed by atoms with Gasteiger partial charge >= 0.3 is 0 Å². The SMILES string of the molecule is COCCCNC(=O)c1cccc(C)n1. The normalized spacial score (nSPS) is 10.0. The molecule has 0 saturated carbocycles. The second-order valence-corrected chi connectivity index (χ2v) is 3.27. The van der Waals surface area contributed by atoms with E-state index < -0.39 is 0 Å². The molecule has 0 aliphatic carbocycles. The number of pyridine rings is 1. The van der Waals surface area contributed by atoms with Crippen molar-refractivity contribution in [3.63, 3.8) is 0 Å². The molecule has 82 valence electrons. The van der Waals surface area contributed by atoms with Crippen molar-refractivity contribution in [3.05, 3.63) is 29.6 Å². The molecule has 1 amide bonds. The lowest BCUT2D eigenvalue weighted by atomic mass is 10.3. The molecule has 0 aliphatic rings. The van der Waals surface area contributed by atoms with Crippen molar-refractivity contribution >= 4 is 5.91 Å². The highest BCUT2D eigenvalue weighted by atomic mass is 16.5. The number of nitrogens with one attached hydrogen (secondary N) is 1. The summed E-state index contributed by atoms with van der Waals surface area (Å²) in [5.41, 5.74) is 1.31. The molecule has 0 unspecified atom stereocenters. The van der Waals surface area contributed by atoms with Crippen molar-refractivity contribution in [3.8, 4) is 0 Å². The summed E-state index contributed by atoms with van der Waals surface area (Å²) in [7, 11) is 1.64. The van der Waals surface area contributed by atoms with Crippen LogP contribution in [0.4, 0.5) is 0 Å². The number of nitrogens with zero attached hydrogens (tertiary/aromatic N) is 1. The lowest BCUT2D eigenvalue weighted by Crippen LogP contribution is -2.26. The summed E-state index contributed by atoms with van der Waals surface area (Å²) in [6.45, 7) is 3.13. The summed E-state index contributed by atoms with van der Waals surface area (Å²) in [5, 5.41) is 2.78. The van der Waals surface area contributed by atoms with Crippen LogP contribution in [0, 0.1) is 6.92 Å². The van der Waals surface area contributed by atoms with Gasteiger partial charge in [-0.15, -0.1) is 0 Å². The van der Waals surface area contributed by atoms with Gasteiger partial charge in [0.1, 0.15) is 5.69 Å². The average Bonchev–Trinajstić information content (AvgIpc) is 2.24. The van der Waals surface area contributed by atoms with Gasteiger partial charge in [-0.25, -0.2) is 4.98 Å². The van der Waals surface area contributed by atoms with E-state index in [1.54, 1.807) is 13.2 Å². The summed E-state index contributed by atoms with van der Waals surface area (Å²) in [6.07, 6.45) is 0.814. The number of carbonyl (C=O) groups excluding carboxylic acids is 1.